The van der Waals surface area contributed by atoms with Gasteiger partial charge in [0.2, 0.25) is 0 Å². The molecule has 1 atom stereocenters. The van der Waals surface area contributed by atoms with Crippen LogP contribution in [0.5, 0.6) is 0 Å². The van der Waals surface area contributed by atoms with Gasteiger partial charge in [-0.2, -0.15) is 0 Å². The molecule has 1 rings (SSSR count). The van der Waals surface area contributed by atoms with Crippen molar-refractivity contribution in [2.75, 3.05) is 6.67 Å². The maximum absolute atomic E-state index is 12.5. The Morgan fingerprint density at radius 3 is 1.93 bits per heavy atom. The number of rotatable bonds is 2. The highest BCUT2D eigenvalue weighted by atomic mass is 35.5. The third-order valence-electron chi connectivity index (χ3n) is 1.60. The van der Waals surface area contributed by atoms with Gasteiger partial charge in [0.1, 0.15) is 6.67 Å². The molecule has 0 heterocycles. The Balaban J connectivity index is 0.00000169. The summed E-state index contributed by atoms with van der Waals surface area (Å²) in [7, 11) is 0. The zero-order valence-electron chi connectivity index (χ0n) is 6.94. The van der Waals surface area contributed by atoms with Gasteiger partial charge < -0.3 is 5.73 Å². The first-order valence-electron chi connectivity index (χ1n) is 3.52. The summed E-state index contributed by atoms with van der Waals surface area (Å²) in [6, 6.07) is 0.246. The van der Waals surface area contributed by atoms with Gasteiger partial charge in [-0.1, -0.05) is 0 Å². The van der Waals surface area contributed by atoms with Gasteiger partial charge >= 0.3 is 0 Å². The first-order valence-corrected chi connectivity index (χ1v) is 3.52. The standard InChI is InChI=1S/C8H7F4N.ClH/c9-3-7(13)4-1-5(10)8(12)6(11)2-4;/h1-2,7H,3,13H2;1H/t7-;/m1./s1. The minimum absolute atomic E-state index is 0. The zero-order chi connectivity index (χ0) is 10.0. The molecule has 1 aromatic rings. The lowest BCUT2D eigenvalue weighted by molar-refractivity contribution is 0.421. The van der Waals surface area contributed by atoms with E-state index in [1.54, 1.807) is 0 Å². The smallest absolute Gasteiger partial charge is 0.194 e. The van der Waals surface area contributed by atoms with Crippen molar-refractivity contribution in [2.24, 2.45) is 5.73 Å². The summed E-state index contributed by atoms with van der Waals surface area (Å²) in [5, 5.41) is 0. The average molecular weight is 230 g/mol. The van der Waals surface area contributed by atoms with E-state index in [4.69, 9.17) is 5.73 Å². The van der Waals surface area contributed by atoms with E-state index >= 15 is 0 Å². The van der Waals surface area contributed by atoms with Gasteiger partial charge in [-0.3, -0.25) is 0 Å². The van der Waals surface area contributed by atoms with Crippen LogP contribution in [-0.4, -0.2) is 6.67 Å². The maximum atomic E-state index is 12.5. The fourth-order valence-electron chi connectivity index (χ4n) is 0.878. The Kier molecular flexibility index (Phi) is 4.87. The van der Waals surface area contributed by atoms with E-state index in [1.165, 1.54) is 0 Å². The summed E-state index contributed by atoms with van der Waals surface area (Å²) in [5.41, 5.74) is 5.05. The number of halogens is 5. The molecular formula is C8H8ClF4N. The van der Waals surface area contributed by atoms with E-state index in [2.05, 4.69) is 0 Å². The fourth-order valence-corrected chi connectivity index (χ4v) is 0.878. The minimum Gasteiger partial charge on any atom is -0.322 e. The minimum atomic E-state index is -1.57. The van der Waals surface area contributed by atoms with Crippen LogP contribution >= 0.6 is 12.4 Å². The molecule has 0 aliphatic heterocycles. The number of hydrogen-bond acceptors (Lipinski definition) is 1. The summed E-state index contributed by atoms with van der Waals surface area (Å²) < 4.78 is 49.5. The predicted molar refractivity (Wildman–Crippen MR) is 46.5 cm³/mol. The van der Waals surface area contributed by atoms with E-state index in [0.717, 1.165) is 0 Å². The highest BCUT2D eigenvalue weighted by molar-refractivity contribution is 5.85. The second-order valence-corrected chi connectivity index (χ2v) is 2.56. The summed E-state index contributed by atoms with van der Waals surface area (Å²) in [6.07, 6.45) is 0. The number of alkyl halides is 1. The van der Waals surface area contributed by atoms with Gasteiger partial charge in [0.05, 0.1) is 6.04 Å². The van der Waals surface area contributed by atoms with Crippen LogP contribution in [0.2, 0.25) is 0 Å². The van der Waals surface area contributed by atoms with Crippen LogP contribution in [0, 0.1) is 17.5 Å². The van der Waals surface area contributed by atoms with E-state index < -0.39 is 30.2 Å². The summed E-state index contributed by atoms with van der Waals surface area (Å²) in [4.78, 5) is 0. The fraction of sp³-hybridized carbons (Fsp3) is 0.250. The van der Waals surface area contributed by atoms with Gasteiger partial charge in [0.15, 0.2) is 17.5 Å². The second-order valence-electron chi connectivity index (χ2n) is 2.56. The average Bonchev–Trinajstić information content (AvgIpc) is 2.12. The Hall–Kier alpha value is -0.810. The summed E-state index contributed by atoms with van der Waals surface area (Å²) >= 11 is 0. The number of hydrogen-bond donors (Lipinski definition) is 1. The van der Waals surface area contributed by atoms with Crippen molar-refractivity contribution in [3.8, 4) is 0 Å². The molecule has 0 unspecified atom stereocenters. The highest BCUT2D eigenvalue weighted by Crippen LogP contribution is 2.17. The van der Waals surface area contributed by atoms with Crippen molar-refractivity contribution in [1.82, 2.24) is 0 Å². The van der Waals surface area contributed by atoms with E-state index in [1.807, 2.05) is 0 Å². The largest absolute Gasteiger partial charge is 0.322 e. The number of benzene rings is 1. The Morgan fingerprint density at radius 1 is 1.14 bits per heavy atom. The summed E-state index contributed by atoms with van der Waals surface area (Å²) in [6.45, 7) is -0.954. The Morgan fingerprint density at radius 2 is 1.57 bits per heavy atom. The second kappa shape index (κ2) is 5.17. The predicted octanol–water partition coefficient (Wildman–Crippen LogP) is 2.50. The van der Waals surface area contributed by atoms with Crippen LogP contribution in [0.15, 0.2) is 12.1 Å². The lowest BCUT2D eigenvalue weighted by atomic mass is 10.1. The number of nitrogens with two attached hydrogens (primary N) is 1. The first-order chi connectivity index (χ1) is 6.06. The molecule has 6 heteroatoms. The van der Waals surface area contributed by atoms with Crippen molar-refractivity contribution in [1.29, 1.82) is 0 Å². The van der Waals surface area contributed by atoms with Gasteiger partial charge in [0.25, 0.3) is 0 Å². The zero-order valence-corrected chi connectivity index (χ0v) is 7.75. The molecule has 80 valence electrons. The van der Waals surface area contributed by atoms with Crippen LogP contribution in [0.25, 0.3) is 0 Å². The van der Waals surface area contributed by atoms with Crippen LogP contribution in [-0.2, 0) is 0 Å². The van der Waals surface area contributed by atoms with Crippen LogP contribution in [0.3, 0.4) is 0 Å². The van der Waals surface area contributed by atoms with Crippen molar-refractivity contribution in [3.63, 3.8) is 0 Å². The summed E-state index contributed by atoms with van der Waals surface area (Å²) in [5.74, 6) is -4.30. The normalized spacial score (nSPS) is 12.1. The molecule has 0 aliphatic rings. The van der Waals surface area contributed by atoms with E-state index in [0.29, 0.717) is 12.1 Å². The Bertz CT molecular complexity index is 295. The monoisotopic (exact) mass is 229 g/mol. The third-order valence-corrected chi connectivity index (χ3v) is 1.60. The molecule has 0 spiro atoms. The molecule has 0 saturated heterocycles. The van der Waals surface area contributed by atoms with Crippen LogP contribution < -0.4 is 5.73 Å². The van der Waals surface area contributed by atoms with E-state index in [9.17, 15) is 17.6 Å². The first kappa shape index (κ1) is 13.2. The molecule has 0 bridgehead atoms. The van der Waals surface area contributed by atoms with Gasteiger partial charge in [-0.05, 0) is 17.7 Å². The molecule has 2 N–H and O–H groups in total. The van der Waals surface area contributed by atoms with E-state index in [-0.39, 0.29) is 18.0 Å². The van der Waals surface area contributed by atoms with Crippen molar-refractivity contribution < 1.29 is 17.6 Å². The molecule has 1 aromatic carbocycles. The maximum Gasteiger partial charge on any atom is 0.194 e. The molecule has 0 radical (unpaired) electrons. The van der Waals surface area contributed by atoms with Gasteiger partial charge in [-0.15, -0.1) is 12.4 Å². The lowest BCUT2D eigenvalue weighted by Crippen LogP contribution is -2.13. The van der Waals surface area contributed by atoms with Crippen molar-refractivity contribution >= 4 is 12.4 Å². The van der Waals surface area contributed by atoms with Crippen molar-refractivity contribution in [2.45, 2.75) is 6.04 Å². The molecular weight excluding hydrogens is 222 g/mol. The van der Waals surface area contributed by atoms with Gasteiger partial charge in [0, 0.05) is 0 Å². The third kappa shape index (κ3) is 2.59. The molecule has 0 aliphatic carbocycles. The topological polar surface area (TPSA) is 26.0 Å². The van der Waals surface area contributed by atoms with Gasteiger partial charge in [-0.25, -0.2) is 17.6 Å². The van der Waals surface area contributed by atoms with Crippen LogP contribution in [0.1, 0.15) is 11.6 Å². The SMILES string of the molecule is Cl.N[C@H](CF)c1cc(F)c(F)c(F)c1. The molecule has 0 aromatic heterocycles. The highest BCUT2D eigenvalue weighted by Gasteiger charge is 2.14. The molecule has 1 nitrogen and oxygen atoms in total. The molecule has 0 amide bonds. The Labute approximate surface area is 84.3 Å². The molecule has 0 saturated carbocycles. The van der Waals surface area contributed by atoms with Crippen molar-refractivity contribution in [3.05, 3.63) is 35.1 Å². The molecule has 14 heavy (non-hydrogen) atoms. The molecule has 0 fully saturated rings. The quantitative estimate of drug-likeness (QED) is 0.612. The van der Waals surface area contributed by atoms with Crippen LogP contribution in [0.4, 0.5) is 17.6 Å². The lowest BCUT2D eigenvalue weighted by Gasteiger charge is -2.07.